The van der Waals surface area contributed by atoms with Crippen LogP contribution in [0.25, 0.3) is 0 Å². The lowest BCUT2D eigenvalue weighted by Gasteiger charge is -2.24. The van der Waals surface area contributed by atoms with Gasteiger partial charge in [-0.15, -0.1) is 0 Å². The summed E-state index contributed by atoms with van der Waals surface area (Å²) in [5, 5.41) is 10.0. The number of methoxy groups -OCH3 is 1. The second-order valence-electron chi connectivity index (χ2n) is 4.80. The minimum absolute atomic E-state index is 0.138. The highest BCUT2D eigenvalue weighted by Crippen LogP contribution is 2.47. The van der Waals surface area contributed by atoms with E-state index in [1.165, 1.54) is 13.2 Å². The van der Waals surface area contributed by atoms with E-state index in [2.05, 4.69) is 0 Å². The average Bonchev–Trinajstić information content (AvgIpc) is 3.07. The molecule has 1 aromatic carbocycles. The third-order valence-corrected chi connectivity index (χ3v) is 3.37. The van der Waals surface area contributed by atoms with Gasteiger partial charge >= 0.3 is 0 Å². The fraction of sp³-hybridized carbons (Fsp3) is 0.538. The molecule has 3 rings (SSSR count). The fourth-order valence-electron chi connectivity index (χ4n) is 2.23. The molecule has 0 radical (unpaired) electrons. The van der Waals surface area contributed by atoms with Gasteiger partial charge in [-0.25, -0.2) is 4.39 Å². The maximum absolute atomic E-state index is 13.9. The molecule has 0 unspecified atom stereocenters. The molecule has 98 valence electrons. The molecule has 1 saturated carbocycles. The van der Waals surface area contributed by atoms with Crippen LogP contribution < -0.4 is 14.2 Å². The Morgan fingerprint density at radius 1 is 1.39 bits per heavy atom. The molecule has 0 bridgehead atoms. The number of benzene rings is 1. The van der Waals surface area contributed by atoms with Crippen molar-refractivity contribution in [3.63, 3.8) is 0 Å². The molecule has 1 aliphatic heterocycles. The van der Waals surface area contributed by atoms with Gasteiger partial charge in [-0.05, 0) is 12.8 Å². The first-order valence-corrected chi connectivity index (χ1v) is 6.00. The van der Waals surface area contributed by atoms with Crippen LogP contribution in [0.4, 0.5) is 4.39 Å². The quantitative estimate of drug-likeness (QED) is 0.891. The zero-order valence-corrected chi connectivity index (χ0v) is 10.2. The summed E-state index contributed by atoms with van der Waals surface area (Å²) in [6, 6.07) is 1.27. The summed E-state index contributed by atoms with van der Waals surface area (Å²) in [6.07, 6.45) is 1.78. The van der Waals surface area contributed by atoms with Crippen LogP contribution in [-0.2, 0) is 6.42 Å². The molecule has 1 heterocycles. The Hall–Kier alpha value is -1.49. The molecule has 1 aromatic rings. The van der Waals surface area contributed by atoms with Crippen molar-refractivity contribution < 1.29 is 23.7 Å². The second kappa shape index (κ2) is 4.02. The largest absolute Gasteiger partial charge is 0.493 e. The van der Waals surface area contributed by atoms with Crippen LogP contribution >= 0.6 is 0 Å². The Morgan fingerprint density at radius 3 is 2.78 bits per heavy atom. The van der Waals surface area contributed by atoms with E-state index in [1.807, 2.05) is 0 Å². The smallest absolute Gasteiger partial charge is 0.169 e. The predicted molar refractivity (Wildman–Crippen MR) is 61.8 cm³/mol. The van der Waals surface area contributed by atoms with Crippen molar-refractivity contribution in [2.24, 2.45) is 0 Å². The second-order valence-corrected chi connectivity index (χ2v) is 4.80. The third kappa shape index (κ3) is 1.88. The molecule has 1 N–H and O–H groups in total. The van der Waals surface area contributed by atoms with Gasteiger partial charge in [0.2, 0.25) is 0 Å². The van der Waals surface area contributed by atoms with Crippen molar-refractivity contribution in [3.8, 4) is 17.2 Å². The van der Waals surface area contributed by atoms with Crippen LogP contribution in [0.15, 0.2) is 6.07 Å². The van der Waals surface area contributed by atoms with E-state index >= 15 is 0 Å². The standard InChI is InChI=1S/C13H15FO4/c1-16-11-8(7-13(15)2-3-13)12-10(6-9(11)14)17-4-5-18-12/h6,15H,2-5,7H2,1H3. The van der Waals surface area contributed by atoms with Crippen molar-refractivity contribution in [2.75, 3.05) is 20.3 Å². The van der Waals surface area contributed by atoms with Gasteiger partial charge in [-0.3, -0.25) is 0 Å². The van der Waals surface area contributed by atoms with Gasteiger partial charge in [0.05, 0.1) is 12.7 Å². The normalized spacial score (nSPS) is 19.5. The van der Waals surface area contributed by atoms with Crippen molar-refractivity contribution in [3.05, 3.63) is 17.4 Å². The van der Waals surface area contributed by atoms with Gasteiger partial charge in [0, 0.05) is 18.1 Å². The molecule has 1 aliphatic carbocycles. The summed E-state index contributed by atoms with van der Waals surface area (Å²) in [5.74, 6) is 0.541. The van der Waals surface area contributed by atoms with Crippen LogP contribution in [0.3, 0.4) is 0 Å². The molecular formula is C13H15FO4. The number of aliphatic hydroxyl groups is 1. The van der Waals surface area contributed by atoms with E-state index in [1.54, 1.807) is 0 Å². The molecule has 5 heteroatoms. The molecular weight excluding hydrogens is 239 g/mol. The molecule has 2 aliphatic rings. The lowest BCUT2D eigenvalue weighted by molar-refractivity contribution is 0.140. The Bertz CT molecular complexity index is 482. The van der Waals surface area contributed by atoms with Gasteiger partial charge in [0.1, 0.15) is 13.2 Å². The van der Waals surface area contributed by atoms with Crippen molar-refractivity contribution in [1.29, 1.82) is 0 Å². The summed E-state index contributed by atoms with van der Waals surface area (Å²) in [6.45, 7) is 0.829. The van der Waals surface area contributed by atoms with Gasteiger partial charge in [-0.1, -0.05) is 0 Å². The number of ether oxygens (including phenoxy) is 3. The van der Waals surface area contributed by atoms with E-state index in [-0.39, 0.29) is 5.75 Å². The monoisotopic (exact) mass is 254 g/mol. The first-order valence-electron chi connectivity index (χ1n) is 6.00. The highest BCUT2D eigenvalue weighted by Gasteiger charge is 2.42. The maximum Gasteiger partial charge on any atom is 0.169 e. The summed E-state index contributed by atoms with van der Waals surface area (Å²) in [4.78, 5) is 0. The summed E-state index contributed by atoms with van der Waals surface area (Å²) >= 11 is 0. The van der Waals surface area contributed by atoms with Crippen LogP contribution in [-0.4, -0.2) is 31.0 Å². The lowest BCUT2D eigenvalue weighted by Crippen LogP contribution is -2.20. The minimum atomic E-state index is -0.740. The Morgan fingerprint density at radius 2 is 2.11 bits per heavy atom. The molecule has 0 aromatic heterocycles. The molecule has 0 saturated heterocycles. The molecule has 0 amide bonds. The lowest BCUT2D eigenvalue weighted by atomic mass is 10.0. The number of halogens is 1. The van der Waals surface area contributed by atoms with E-state index < -0.39 is 11.4 Å². The minimum Gasteiger partial charge on any atom is -0.493 e. The molecule has 0 spiro atoms. The number of rotatable bonds is 3. The number of hydrogen-bond donors (Lipinski definition) is 1. The molecule has 4 nitrogen and oxygen atoms in total. The number of hydrogen-bond acceptors (Lipinski definition) is 4. The first-order chi connectivity index (χ1) is 8.63. The molecule has 1 fully saturated rings. The van der Waals surface area contributed by atoms with Gasteiger partial charge in [-0.2, -0.15) is 0 Å². The maximum atomic E-state index is 13.9. The van der Waals surface area contributed by atoms with E-state index in [0.717, 1.165) is 12.8 Å². The highest BCUT2D eigenvalue weighted by atomic mass is 19.1. The van der Waals surface area contributed by atoms with Crippen LogP contribution in [0.1, 0.15) is 18.4 Å². The van der Waals surface area contributed by atoms with Gasteiger partial charge in [0.25, 0.3) is 0 Å². The first kappa shape index (κ1) is 11.6. The third-order valence-electron chi connectivity index (χ3n) is 3.37. The summed E-state index contributed by atoms with van der Waals surface area (Å²) in [7, 11) is 1.41. The van der Waals surface area contributed by atoms with Crippen molar-refractivity contribution in [2.45, 2.75) is 24.9 Å². The van der Waals surface area contributed by atoms with Crippen molar-refractivity contribution >= 4 is 0 Å². The molecule has 0 atom stereocenters. The van der Waals surface area contributed by atoms with E-state index in [4.69, 9.17) is 14.2 Å². The number of fused-ring (bicyclic) bond motifs is 1. The van der Waals surface area contributed by atoms with Crippen molar-refractivity contribution in [1.82, 2.24) is 0 Å². The van der Waals surface area contributed by atoms with Crippen LogP contribution in [0.5, 0.6) is 17.2 Å². The highest BCUT2D eigenvalue weighted by molar-refractivity contribution is 5.56. The van der Waals surface area contributed by atoms with E-state index in [9.17, 15) is 9.50 Å². The van der Waals surface area contributed by atoms with Gasteiger partial charge < -0.3 is 19.3 Å². The topological polar surface area (TPSA) is 47.9 Å². The average molecular weight is 254 g/mol. The Balaban J connectivity index is 2.08. The Kier molecular flexibility index (Phi) is 2.59. The fourth-order valence-corrected chi connectivity index (χ4v) is 2.23. The molecule has 18 heavy (non-hydrogen) atoms. The zero-order valence-electron chi connectivity index (χ0n) is 10.2. The van der Waals surface area contributed by atoms with Crippen LogP contribution in [0.2, 0.25) is 0 Å². The van der Waals surface area contributed by atoms with Crippen LogP contribution in [0, 0.1) is 5.82 Å². The predicted octanol–water partition coefficient (Wildman–Crippen LogP) is 1.67. The van der Waals surface area contributed by atoms with E-state index in [0.29, 0.717) is 36.7 Å². The zero-order chi connectivity index (χ0) is 12.8. The Labute approximate surface area is 104 Å². The van der Waals surface area contributed by atoms with Gasteiger partial charge in [0.15, 0.2) is 23.1 Å². The summed E-state index contributed by atoms with van der Waals surface area (Å²) in [5.41, 5.74) is -0.178. The SMILES string of the molecule is COc1c(F)cc2c(c1CC1(O)CC1)OCCO2. The summed E-state index contributed by atoms with van der Waals surface area (Å²) < 4.78 is 29.9.